The van der Waals surface area contributed by atoms with Gasteiger partial charge in [-0.3, -0.25) is 9.59 Å². The summed E-state index contributed by atoms with van der Waals surface area (Å²) in [7, 11) is 0. The number of para-hydroxylation sites is 1. The van der Waals surface area contributed by atoms with Crippen molar-refractivity contribution in [3.05, 3.63) is 53.6 Å². The Balaban J connectivity index is 1.55. The number of carbonyl (C=O) groups is 2. The van der Waals surface area contributed by atoms with E-state index in [1.165, 1.54) is 0 Å². The minimum absolute atomic E-state index is 0.375. The molecule has 0 spiro atoms. The SMILES string of the molecule is CCOc1ccc(CCNC(=O)C(=O)N2CCc3ccccc32)cc1OCC. The molecule has 1 N–H and O–H groups in total. The Morgan fingerprint density at radius 1 is 1.04 bits per heavy atom. The lowest BCUT2D eigenvalue weighted by Gasteiger charge is -2.17. The molecule has 0 fully saturated rings. The largest absolute Gasteiger partial charge is 0.490 e. The van der Waals surface area contributed by atoms with Crippen molar-refractivity contribution in [2.75, 3.05) is 31.2 Å². The highest BCUT2D eigenvalue weighted by Gasteiger charge is 2.28. The van der Waals surface area contributed by atoms with Gasteiger partial charge in [0.15, 0.2) is 11.5 Å². The van der Waals surface area contributed by atoms with Crippen LogP contribution in [0.4, 0.5) is 5.69 Å². The van der Waals surface area contributed by atoms with Gasteiger partial charge in [-0.25, -0.2) is 0 Å². The van der Waals surface area contributed by atoms with Gasteiger partial charge >= 0.3 is 11.8 Å². The molecule has 2 aromatic carbocycles. The van der Waals surface area contributed by atoms with Crippen LogP contribution in [0.25, 0.3) is 0 Å². The first-order valence-corrected chi connectivity index (χ1v) is 9.70. The first-order valence-electron chi connectivity index (χ1n) is 9.70. The van der Waals surface area contributed by atoms with Gasteiger partial charge in [-0.2, -0.15) is 0 Å². The van der Waals surface area contributed by atoms with Gasteiger partial charge in [-0.1, -0.05) is 24.3 Å². The van der Waals surface area contributed by atoms with Crippen LogP contribution >= 0.6 is 0 Å². The second-order valence-corrected chi connectivity index (χ2v) is 6.49. The van der Waals surface area contributed by atoms with Crippen LogP contribution in [0, 0.1) is 0 Å². The quantitative estimate of drug-likeness (QED) is 0.748. The smallest absolute Gasteiger partial charge is 0.316 e. The van der Waals surface area contributed by atoms with Crippen LogP contribution in [0.3, 0.4) is 0 Å². The fraction of sp³-hybridized carbons (Fsp3) is 0.364. The van der Waals surface area contributed by atoms with E-state index in [0.29, 0.717) is 44.2 Å². The van der Waals surface area contributed by atoms with Crippen molar-refractivity contribution < 1.29 is 19.1 Å². The normalized spacial score (nSPS) is 12.4. The Morgan fingerprint density at radius 3 is 2.57 bits per heavy atom. The second-order valence-electron chi connectivity index (χ2n) is 6.49. The van der Waals surface area contributed by atoms with E-state index in [4.69, 9.17) is 9.47 Å². The Labute approximate surface area is 165 Å². The van der Waals surface area contributed by atoms with E-state index >= 15 is 0 Å². The molecular formula is C22H26N2O4. The average molecular weight is 382 g/mol. The Bertz CT molecular complexity index is 850. The molecule has 2 aromatic rings. The monoisotopic (exact) mass is 382 g/mol. The number of hydrogen-bond acceptors (Lipinski definition) is 4. The summed E-state index contributed by atoms with van der Waals surface area (Å²) >= 11 is 0. The summed E-state index contributed by atoms with van der Waals surface area (Å²) in [5, 5.41) is 2.73. The number of benzene rings is 2. The highest BCUT2D eigenvalue weighted by molar-refractivity contribution is 6.40. The number of nitrogens with zero attached hydrogens (tertiary/aromatic N) is 1. The fourth-order valence-electron chi connectivity index (χ4n) is 3.32. The topological polar surface area (TPSA) is 67.9 Å². The number of nitrogens with one attached hydrogen (secondary N) is 1. The highest BCUT2D eigenvalue weighted by atomic mass is 16.5. The number of ether oxygens (including phenoxy) is 2. The summed E-state index contributed by atoms with van der Waals surface area (Å²) in [6.45, 7) is 5.88. The predicted octanol–water partition coefficient (Wildman–Crippen LogP) is 2.73. The van der Waals surface area contributed by atoms with Crippen molar-refractivity contribution in [1.29, 1.82) is 0 Å². The van der Waals surface area contributed by atoms with Crippen LogP contribution in [0.15, 0.2) is 42.5 Å². The number of rotatable bonds is 7. The second kappa shape index (κ2) is 9.26. The molecule has 1 aliphatic heterocycles. The lowest BCUT2D eigenvalue weighted by molar-refractivity contribution is -0.137. The molecule has 0 aromatic heterocycles. The van der Waals surface area contributed by atoms with Crippen LogP contribution in [0.2, 0.25) is 0 Å². The standard InChI is InChI=1S/C22H26N2O4/c1-3-27-19-10-9-16(15-20(19)28-4-2)11-13-23-21(25)22(26)24-14-12-17-7-5-6-8-18(17)24/h5-10,15H,3-4,11-14H2,1-2H3,(H,23,25). The van der Waals surface area contributed by atoms with Crippen molar-refractivity contribution >= 4 is 17.5 Å². The van der Waals surface area contributed by atoms with Crippen molar-refractivity contribution in [3.63, 3.8) is 0 Å². The van der Waals surface area contributed by atoms with Crippen molar-refractivity contribution in [3.8, 4) is 11.5 Å². The van der Waals surface area contributed by atoms with Gasteiger partial charge < -0.3 is 19.7 Å². The van der Waals surface area contributed by atoms with Gasteiger partial charge in [0.05, 0.1) is 13.2 Å². The first-order chi connectivity index (χ1) is 13.6. The zero-order valence-electron chi connectivity index (χ0n) is 16.4. The lowest BCUT2D eigenvalue weighted by Crippen LogP contribution is -2.43. The van der Waals surface area contributed by atoms with Crippen molar-refractivity contribution in [1.82, 2.24) is 5.32 Å². The van der Waals surface area contributed by atoms with E-state index < -0.39 is 11.8 Å². The average Bonchev–Trinajstić information content (AvgIpc) is 3.13. The van der Waals surface area contributed by atoms with E-state index in [1.807, 2.05) is 56.3 Å². The zero-order valence-corrected chi connectivity index (χ0v) is 16.4. The summed E-state index contributed by atoms with van der Waals surface area (Å²) in [6, 6.07) is 13.4. The molecule has 6 heteroatoms. The third kappa shape index (κ3) is 4.44. The summed E-state index contributed by atoms with van der Waals surface area (Å²) in [6.07, 6.45) is 1.38. The van der Waals surface area contributed by atoms with Crippen LogP contribution in [0.1, 0.15) is 25.0 Å². The Morgan fingerprint density at radius 2 is 1.79 bits per heavy atom. The molecule has 1 heterocycles. The zero-order chi connectivity index (χ0) is 19.9. The molecule has 0 saturated carbocycles. The fourth-order valence-corrected chi connectivity index (χ4v) is 3.32. The maximum Gasteiger partial charge on any atom is 0.316 e. The van der Waals surface area contributed by atoms with E-state index in [1.54, 1.807) is 4.90 Å². The Kier molecular flexibility index (Phi) is 6.53. The molecule has 2 amide bonds. The molecule has 0 atom stereocenters. The molecule has 3 rings (SSSR count). The summed E-state index contributed by atoms with van der Waals surface area (Å²) in [4.78, 5) is 26.3. The first kappa shape index (κ1) is 19.7. The van der Waals surface area contributed by atoms with Gasteiger partial charge in [0.1, 0.15) is 0 Å². The number of fused-ring (bicyclic) bond motifs is 1. The van der Waals surface area contributed by atoms with Crippen molar-refractivity contribution in [2.45, 2.75) is 26.7 Å². The molecule has 28 heavy (non-hydrogen) atoms. The van der Waals surface area contributed by atoms with Gasteiger partial charge in [-0.05, 0) is 56.0 Å². The third-order valence-electron chi connectivity index (χ3n) is 4.63. The van der Waals surface area contributed by atoms with E-state index in [9.17, 15) is 9.59 Å². The van der Waals surface area contributed by atoms with E-state index in [-0.39, 0.29) is 0 Å². The number of amides is 2. The van der Waals surface area contributed by atoms with Gasteiger partial charge in [0.2, 0.25) is 0 Å². The molecule has 0 radical (unpaired) electrons. The molecule has 1 aliphatic rings. The number of hydrogen-bond donors (Lipinski definition) is 1. The maximum absolute atomic E-state index is 12.5. The van der Waals surface area contributed by atoms with Gasteiger partial charge in [-0.15, -0.1) is 0 Å². The number of anilines is 1. The molecule has 0 saturated heterocycles. The van der Waals surface area contributed by atoms with Crippen molar-refractivity contribution in [2.24, 2.45) is 0 Å². The molecule has 6 nitrogen and oxygen atoms in total. The Hall–Kier alpha value is -3.02. The van der Waals surface area contributed by atoms with Crippen LogP contribution in [-0.2, 0) is 22.4 Å². The maximum atomic E-state index is 12.5. The summed E-state index contributed by atoms with van der Waals surface area (Å²) < 4.78 is 11.2. The molecule has 0 aliphatic carbocycles. The van der Waals surface area contributed by atoms with Crippen LogP contribution in [0.5, 0.6) is 11.5 Å². The molecule has 0 unspecified atom stereocenters. The third-order valence-corrected chi connectivity index (χ3v) is 4.63. The predicted molar refractivity (Wildman–Crippen MR) is 108 cm³/mol. The van der Waals surface area contributed by atoms with E-state index in [2.05, 4.69) is 5.32 Å². The summed E-state index contributed by atoms with van der Waals surface area (Å²) in [5.74, 6) is 0.317. The molecule has 148 valence electrons. The minimum atomic E-state index is -0.576. The minimum Gasteiger partial charge on any atom is -0.490 e. The molecular weight excluding hydrogens is 356 g/mol. The van der Waals surface area contributed by atoms with Gasteiger partial charge in [0, 0.05) is 18.8 Å². The molecule has 0 bridgehead atoms. The van der Waals surface area contributed by atoms with Crippen LogP contribution < -0.4 is 19.7 Å². The number of carbonyl (C=O) groups excluding carboxylic acids is 2. The van der Waals surface area contributed by atoms with Crippen LogP contribution in [-0.4, -0.2) is 38.1 Å². The lowest BCUT2D eigenvalue weighted by atomic mass is 10.1. The van der Waals surface area contributed by atoms with E-state index in [0.717, 1.165) is 23.2 Å². The summed E-state index contributed by atoms with van der Waals surface area (Å²) in [5.41, 5.74) is 2.93. The highest BCUT2D eigenvalue weighted by Crippen LogP contribution is 2.29. The van der Waals surface area contributed by atoms with Gasteiger partial charge in [0.25, 0.3) is 0 Å².